The van der Waals surface area contributed by atoms with E-state index in [1.165, 1.54) is 0 Å². The predicted octanol–water partition coefficient (Wildman–Crippen LogP) is 2.91. The van der Waals surface area contributed by atoms with E-state index in [4.69, 9.17) is 14.3 Å². The van der Waals surface area contributed by atoms with Gasteiger partial charge in [0.1, 0.15) is 0 Å². The van der Waals surface area contributed by atoms with Crippen molar-refractivity contribution in [1.29, 1.82) is 0 Å². The van der Waals surface area contributed by atoms with Gasteiger partial charge in [0, 0.05) is 17.7 Å². The minimum atomic E-state index is -0.520. The second-order valence-electron chi connectivity index (χ2n) is 6.29. The van der Waals surface area contributed by atoms with E-state index < -0.39 is 5.79 Å². The lowest BCUT2D eigenvalue weighted by Crippen LogP contribution is -2.41. The number of nitrogens with zero attached hydrogens (tertiary/aromatic N) is 1. The zero-order valence-electron chi connectivity index (χ0n) is 12.3. The van der Waals surface area contributed by atoms with Gasteiger partial charge in [-0.2, -0.15) is 0 Å². The van der Waals surface area contributed by atoms with Crippen molar-refractivity contribution < 1.29 is 19.2 Å². The smallest absolute Gasteiger partial charge is 0.248 e. The van der Waals surface area contributed by atoms with E-state index in [-0.39, 0.29) is 11.3 Å². The van der Waals surface area contributed by atoms with Gasteiger partial charge in [-0.25, -0.2) is 4.84 Å². The van der Waals surface area contributed by atoms with Gasteiger partial charge in [0.05, 0.1) is 18.1 Å². The van der Waals surface area contributed by atoms with Crippen LogP contribution in [0.1, 0.15) is 34.1 Å². The van der Waals surface area contributed by atoms with Gasteiger partial charge in [-0.3, -0.25) is 0 Å². The summed E-state index contributed by atoms with van der Waals surface area (Å²) >= 11 is 3.44. The number of rotatable bonds is 7. The van der Waals surface area contributed by atoms with Crippen molar-refractivity contribution in [3.63, 3.8) is 0 Å². The Morgan fingerprint density at radius 1 is 1.37 bits per heavy atom. The highest BCUT2D eigenvalue weighted by Crippen LogP contribution is 2.23. The van der Waals surface area contributed by atoms with Crippen molar-refractivity contribution in [1.82, 2.24) is 0 Å². The Morgan fingerprint density at radius 2 is 1.95 bits per heavy atom. The van der Waals surface area contributed by atoms with Gasteiger partial charge in [-0.05, 0) is 19.3 Å². The summed E-state index contributed by atoms with van der Waals surface area (Å²) in [6.07, 6.45) is 0.784. The van der Waals surface area contributed by atoms with Gasteiger partial charge in [0.25, 0.3) is 0 Å². The quantitative estimate of drug-likeness (QED) is 0.529. The molecule has 0 aromatic carbocycles. The highest BCUT2D eigenvalue weighted by molar-refractivity contribution is 9.09. The normalized spacial score (nSPS) is 20.3. The molecule has 0 spiro atoms. The Labute approximate surface area is 123 Å². The summed E-state index contributed by atoms with van der Waals surface area (Å²) < 4.78 is 11.0. The molecular formula is C13H25BrNO4+. The van der Waals surface area contributed by atoms with E-state index >= 15 is 0 Å². The lowest BCUT2D eigenvalue weighted by Gasteiger charge is -2.33. The second kappa shape index (κ2) is 6.99. The van der Waals surface area contributed by atoms with E-state index in [0.29, 0.717) is 31.3 Å². The Hall–Kier alpha value is -0.200. The molecule has 0 bridgehead atoms. The first-order chi connectivity index (χ1) is 8.74. The molecule has 19 heavy (non-hydrogen) atoms. The number of halogens is 1. The van der Waals surface area contributed by atoms with Crippen LogP contribution in [-0.2, 0) is 14.3 Å². The largest absolute Gasteiger partial charge is 0.350 e. The number of hydrogen-bond donors (Lipinski definition) is 0. The summed E-state index contributed by atoms with van der Waals surface area (Å²) in [6, 6.07) is 0. The van der Waals surface area contributed by atoms with Gasteiger partial charge in [-0.15, -0.1) is 0 Å². The minimum absolute atomic E-state index is 0.104. The van der Waals surface area contributed by atoms with E-state index in [2.05, 4.69) is 29.8 Å². The summed E-state index contributed by atoms with van der Waals surface area (Å²) in [5, 5.41) is 0.868. The molecule has 0 amide bonds. The molecule has 1 fully saturated rings. The maximum absolute atomic E-state index is 11.6. The van der Waals surface area contributed by atoms with Crippen molar-refractivity contribution in [2.24, 2.45) is 11.3 Å². The van der Waals surface area contributed by atoms with Crippen molar-refractivity contribution >= 4 is 15.9 Å². The van der Waals surface area contributed by atoms with Gasteiger partial charge < -0.3 is 9.47 Å². The van der Waals surface area contributed by atoms with Gasteiger partial charge in [0.15, 0.2) is 12.4 Å². The van der Waals surface area contributed by atoms with E-state index in [1.54, 1.807) is 0 Å². The van der Waals surface area contributed by atoms with Crippen LogP contribution < -0.4 is 0 Å². The van der Waals surface area contributed by atoms with E-state index in [0.717, 1.165) is 11.8 Å². The summed E-state index contributed by atoms with van der Waals surface area (Å²) in [4.78, 5) is 17.4. The SMILES string of the molecule is CC(C)(CBr)CC[N+](=O)OCC1COC(C)(C)OC1. The molecule has 0 aromatic heterocycles. The number of alkyl halides is 1. The highest BCUT2D eigenvalue weighted by atomic mass is 79.9. The fourth-order valence-corrected chi connectivity index (χ4v) is 1.82. The Balaban J connectivity index is 2.17. The van der Waals surface area contributed by atoms with Crippen LogP contribution in [0, 0.1) is 16.2 Å². The van der Waals surface area contributed by atoms with Crippen LogP contribution in [0.2, 0.25) is 0 Å². The standard InChI is InChI=1S/C13H25BrNO4/c1-12(2,10-14)5-6-15(16)19-9-11-7-17-13(3,4)18-8-11/h11H,5-10H2,1-4H3/q+1. The third-order valence-electron chi connectivity index (χ3n) is 3.12. The first-order valence-electron chi connectivity index (χ1n) is 6.65. The van der Waals surface area contributed by atoms with Crippen LogP contribution >= 0.6 is 15.9 Å². The molecule has 6 heteroatoms. The fourth-order valence-electron chi connectivity index (χ4n) is 1.54. The van der Waals surface area contributed by atoms with Crippen molar-refractivity contribution in [3.8, 4) is 0 Å². The fraction of sp³-hybridized carbons (Fsp3) is 1.00. The molecule has 1 aliphatic heterocycles. The second-order valence-corrected chi connectivity index (χ2v) is 6.85. The average molecular weight is 339 g/mol. The molecule has 5 nitrogen and oxygen atoms in total. The average Bonchev–Trinajstić information content (AvgIpc) is 2.35. The zero-order chi connectivity index (χ0) is 14.5. The molecule has 0 unspecified atom stereocenters. The summed E-state index contributed by atoms with van der Waals surface area (Å²) in [6.45, 7) is 9.83. The highest BCUT2D eigenvalue weighted by Gasteiger charge is 2.30. The third kappa shape index (κ3) is 6.68. The van der Waals surface area contributed by atoms with Crippen LogP contribution in [0.25, 0.3) is 0 Å². The predicted molar refractivity (Wildman–Crippen MR) is 76.1 cm³/mol. The molecule has 0 aliphatic carbocycles. The van der Waals surface area contributed by atoms with Gasteiger partial charge in [-0.1, -0.05) is 29.8 Å². The molecule has 0 saturated carbocycles. The third-order valence-corrected chi connectivity index (χ3v) is 4.64. The maximum Gasteiger partial charge on any atom is 0.248 e. The number of ether oxygens (including phenoxy) is 2. The first-order valence-corrected chi connectivity index (χ1v) is 7.78. The topological polar surface area (TPSA) is 47.8 Å². The van der Waals surface area contributed by atoms with Crippen molar-refractivity contribution in [2.75, 3.05) is 31.7 Å². The summed E-state index contributed by atoms with van der Waals surface area (Å²) in [5.41, 5.74) is 0.104. The molecule has 0 N–H and O–H groups in total. The van der Waals surface area contributed by atoms with Crippen LogP contribution in [0.5, 0.6) is 0 Å². The molecule has 0 radical (unpaired) electrons. The molecular weight excluding hydrogens is 314 g/mol. The Kier molecular flexibility index (Phi) is 6.20. The lowest BCUT2D eigenvalue weighted by atomic mass is 9.92. The van der Waals surface area contributed by atoms with Crippen LogP contribution in [0.4, 0.5) is 0 Å². The lowest BCUT2D eigenvalue weighted by molar-refractivity contribution is -0.805. The zero-order valence-corrected chi connectivity index (χ0v) is 13.9. The Morgan fingerprint density at radius 3 is 2.47 bits per heavy atom. The summed E-state index contributed by atoms with van der Waals surface area (Å²) in [5.74, 6) is -0.401. The minimum Gasteiger partial charge on any atom is -0.350 e. The molecule has 0 aromatic rings. The Bertz CT molecular complexity index is 297. The molecule has 0 atom stereocenters. The molecule has 112 valence electrons. The van der Waals surface area contributed by atoms with Crippen LogP contribution in [0.15, 0.2) is 0 Å². The summed E-state index contributed by atoms with van der Waals surface area (Å²) in [7, 11) is 0. The maximum atomic E-state index is 11.6. The van der Waals surface area contributed by atoms with Crippen molar-refractivity contribution in [2.45, 2.75) is 39.9 Å². The number of hydrogen-bond acceptors (Lipinski definition) is 4. The van der Waals surface area contributed by atoms with Crippen molar-refractivity contribution in [3.05, 3.63) is 4.91 Å². The molecule has 1 aliphatic rings. The molecule has 1 saturated heterocycles. The van der Waals surface area contributed by atoms with E-state index in [9.17, 15) is 4.91 Å². The van der Waals surface area contributed by atoms with Gasteiger partial charge >= 0.3 is 0 Å². The monoisotopic (exact) mass is 338 g/mol. The first kappa shape index (κ1) is 16.9. The molecule has 1 heterocycles. The molecule has 1 rings (SSSR count). The van der Waals surface area contributed by atoms with Crippen LogP contribution in [0.3, 0.4) is 0 Å². The van der Waals surface area contributed by atoms with Gasteiger partial charge in [0.2, 0.25) is 11.5 Å². The van der Waals surface area contributed by atoms with E-state index in [1.807, 2.05) is 13.8 Å². The van der Waals surface area contributed by atoms with Crippen LogP contribution in [-0.4, -0.2) is 42.4 Å².